The van der Waals surface area contributed by atoms with Crippen molar-refractivity contribution in [1.29, 1.82) is 0 Å². The first-order valence-corrected chi connectivity index (χ1v) is 14.9. The normalized spacial score (nSPS) is 12.4. The molecule has 3 aromatic heterocycles. The van der Waals surface area contributed by atoms with E-state index < -0.39 is 0 Å². The fraction of sp³-hybridized carbons (Fsp3) is 0.206. The maximum atomic E-state index is 13.7. The van der Waals surface area contributed by atoms with E-state index in [0.717, 1.165) is 29.9 Å². The van der Waals surface area contributed by atoms with Crippen molar-refractivity contribution in [3.8, 4) is 5.69 Å². The summed E-state index contributed by atoms with van der Waals surface area (Å²) < 4.78 is 1.73. The molecule has 0 bridgehead atoms. The zero-order chi connectivity index (χ0) is 31.3. The number of benzene rings is 3. The van der Waals surface area contributed by atoms with Crippen LogP contribution < -0.4 is 11.3 Å². The number of aryl methyl sites for hydroxylation is 2. The number of aromatic nitrogens is 6. The number of fused-ring (bicyclic) bond motifs is 3. The molecule has 11 nitrogen and oxygen atoms in total. The Kier molecular flexibility index (Phi) is 8.41. The Morgan fingerprint density at radius 2 is 1.53 bits per heavy atom. The molecule has 2 amide bonds. The van der Waals surface area contributed by atoms with Gasteiger partial charge in [-0.2, -0.15) is 0 Å². The molecule has 0 saturated heterocycles. The highest BCUT2D eigenvalue weighted by molar-refractivity contribution is 6.21. The molecular formula is C34H32N8O3. The topological polar surface area (TPSA) is 153 Å². The zero-order valence-corrected chi connectivity index (χ0v) is 24.8. The predicted octanol–water partition coefficient (Wildman–Crippen LogP) is 4.89. The van der Waals surface area contributed by atoms with E-state index >= 15 is 0 Å². The van der Waals surface area contributed by atoms with Gasteiger partial charge in [-0.15, -0.1) is 0 Å². The first-order valence-electron chi connectivity index (χ1n) is 14.9. The second-order valence-electron chi connectivity index (χ2n) is 10.7. The Morgan fingerprint density at radius 3 is 2.24 bits per heavy atom. The number of para-hydroxylation sites is 1. The molecule has 226 valence electrons. The Bertz CT molecular complexity index is 2030. The standard InChI is InChI=1S/C29H27N3O3.C5H5N5/c1-2-11-25-30-24-18-10-13-20(26(24)29(35)32(25)21-14-4-3-5-15-21)12-8-9-19-31-27(33)22-16-6-7-17-23(22)28(31)34;6-4-3-5(9-1-7-3)10-2-8-4/h3-7,10,13-18H,2,8-9,11-12,19H2,1H3;1-2H,(H3,6,7,8,9,10). The number of imide groups is 1. The van der Waals surface area contributed by atoms with Crippen molar-refractivity contribution in [2.24, 2.45) is 0 Å². The number of hydrogen-bond acceptors (Lipinski definition) is 8. The third-order valence-electron chi connectivity index (χ3n) is 7.75. The minimum atomic E-state index is -0.228. The summed E-state index contributed by atoms with van der Waals surface area (Å²) in [6, 6.07) is 22.4. The SMILES string of the molecule is CCCc1nc2cccc(CCCCN3C(=O)c4ccccc4C3=O)c2c(=O)n1-c1ccccc1.Nc1ncnc2nc[nH]c12. The molecule has 0 radical (unpaired) electrons. The molecular weight excluding hydrogens is 568 g/mol. The van der Waals surface area contributed by atoms with Gasteiger partial charge in [-0.3, -0.25) is 23.9 Å². The maximum absolute atomic E-state index is 13.7. The first-order chi connectivity index (χ1) is 22.0. The fourth-order valence-corrected chi connectivity index (χ4v) is 5.60. The van der Waals surface area contributed by atoms with Crippen molar-refractivity contribution in [3.05, 3.63) is 118 Å². The van der Waals surface area contributed by atoms with Crippen molar-refractivity contribution < 1.29 is 9.59 Å². The van der Waals surface area contributed by atoms with Crippen molar-refractivity contribution in [2.75, 3.05) is 12.3 Å². The van der Waals surface area contributed by atoms with Gasteiger partial charge in [-0.25, -0.2) is 19.9 Å². The maximum Gasteiger partial charge on any atom is 0.266 e. The van der Waals surface area contributed by atoms with E-state index in [0.29, 0.717) is 64.8 Å². The third kappa shape index (κ3) is 5.79. The summed E-state index contributed by atoms with van der Waals surface area (Å²) in [7, 11) is 0. The van der Waals surface area contributed by atoms with Gasteiger partial charge in [-0.1, -0.05) is 49.4 Å². The lowest BCUT2D eigenvalue weighted by Gasteiger charge is -2.16. The van der Waals surface area contributed by atoms with Gasteiger partial charge in [0.25, 0.3) is 17.4 Å². The fourth-order valence-electron chi connectivity index (χ4n) is 5.60. The van der Waals surface area contributed by atoms with Crippen LogP contribution in [0.5, 0.6) is 0 Å². The van der Waals surface area contributed by atoms with Crippen LogP contribution in [0.4, 0.5) is 5.82 Å². The molecule has 4 heterocycles. The van der Waals surface area contributed by atoms with Gasteiger partial charge in [0, 0.05) is 13.0 Å². The molecule has 0 unspecified atom stereocenters. The van der Waals surface area contributed by atoms with Crippen LogP contribution in [0.2, 0.25) is 0 Å². The number of anilines is 1. The summed E-state index contributed by atoms with van der Waals surface area (Å²) in [6.07, 6.45) is 6.60. The summed E-state index contributed by atoms with van der Waals surface area (Å²) in [6.45, 7) is 2.45. The molecule has 3 aromatic carbocycles. The number of nitrogens with zero attached hydrogens (tertiary/aromatic N) is 6. The molecule has 11 heteroatoms. The van der Waals surface area contributed by atoms with E-state index in [1.165, 1.54) is 17.6 Å². The first kappa shape index (κ1) is 29.4. The molecule has 0 saturated carbocycles. The van der Waals surface area contributed by atoms with Crippen LogP contribution in [0.1, 0.15) is 58.3 Å². The molecule has 1 aliphatic rings. The zero-order valence-electron chi connectivity index (χ0n) is 24.8. The predicted molar refractivity (Wildman–Crippen MR) is 172 cm³/mol. The molecule has 7 rings (SSSR count). The van der Waals surface area contributed by atoms with Crippen LogP contribution >= 0.6 is 0 Å². The Balaban J connectivity index is 0.000000301. The smallest absolute Gasteiger partial charge is 0.266 e. The summed E-state index contributed by atoms with van der Waals surface area (Å²) in [4.78, 5) is 59.5. The number of nitrogen functional groups attached to an aromatic ring is 1. The van der Waals surface area contributed by atoms with Gasteiger partial charge in [0.15, 0.2) is 11.5 Å². The molecule has 1 aliphatic heterocycles. The second-order valence-corrected chi connectivity index (χ2v) is 10.7. The van der Waals surface area contributed by atoms with Gasteiger partial charge in [0.05, 0.1) is 34.0 Å². The van der Waals surface area contributed by atoms with E-state index in [-0.39, 0.29) is 17.4 Å². The largest absolute Gasteiger partial charge is 0.382 e. The van der Waals surface area contributed by atoms with Crippen LogP contribution in [-0.2, 0) is 12.8 Å². The molecule has 6 aromatic rings. The van der Waals surface area contributed by atoms with Crippen LogP contribution in [0.15, 0.2) is 90.2 Å². The van der Waals surface area contributed by atoms with E-state index in [9.17, 15) is 14.4 Å². The van der Waals surface area contributed by atoms with E-state index in [1.807, 2.05) is 48.5 Å². The summed E-state index contributed by atoms with van der Waals surface area (Å²) in [5.74, 6) is 0.741. The number of hydrogen-bond donors (Lipinski definition) is 2. The highest BCUT2D eigenvalue weighted by atomic mass is 16.2. The van der Waals surface area contributed by atoms with Crippen LogP contribution in [-0.4, -0.2) is 52.7 Å². The number of nitrogens with two attached hydrogens (primary N) is 1. The van der Waals surface area contributed by atoms with Gasteiger partial charge >= 0.3 is 0 Å². The van der Waals surface area contributed by atoms with E-state index in [1.54, 1.807) is 28.8 Å². The number of nitrogens with one attached hydrogen (secondary N) is 1. The number of imidazole rings is 1. The molecule has 0 fully saturated rings. The monoisotopic (exact) mass is 600 g/mol. The highest BCUT2D eigenvalue weighted by Gasteiger charge is 2.34. The Morgan fingerprint density at radius 1 is 0.800 bits per heavy atom. The number of H-pyrrole nitrogens is 1. The van der Waals surface area contributed by atoms with Crippen molar-refractivity contribution in [3.63, 3.8) is 0 Å². The number of aromatic amines is 1. The molecule has 0 spiro atoms. The molecule has 3 N–H and O–H groups in total. The second kappa shape index (κ2) is 12.9. The van der Waals surface area contributed by atoms with E-state index in [4.69, 9.17) is 10.7 Å². The quantitative estimate of drug-likeness (QED) is 0.185. The number of carbonyl (C=O) groups is 2. The number of rotatable bonds is 8. The summed E-state index contributed by atoms with van der Waals surface area (Å²) in [5, 5.41) is 0.636. The van der Waals surface area contributed by atoms with E-state index in [2.05, 4.69) is 26.9 Å². The molecule has 45 heavy (non-hydrogen) atoms. The van der Waals surface area contributed by atoms with Crippen LogP contribution in [0.25, 0.3) is 27.8 Å². The minimum Gasteiger partial charge on any atom is -0.382 e. The molecule has 0 aliphatic carbocycles. The third-order valence-corrected chi connectivity index (χ3v) is 7.75. The lowest BCUT2D eigenvalue weighted by atomic mass is 10.0. The van der Waals surface area contributed by atoms with Gasteiger partial charge in [0.1, 0.15) is 17.7 Å². The van der Waals surface area contributed by atoms with Crippen molar-refractivity contribution in [1.82, 2.24) is 34.4 Å². The number of carbonyl (C=O) groups excluding carboxylic acids is 2. The minimum absolute atomic E-state index is 0.0550. The van der Waals surface area contributed by atoms with Gasteiger partial charge in [-0.05, 0) is 61.6 Å². The lowest BCUT2D eigenvalue weighted by molar-refractivity contribution is 0.0652. The number of unbranched alkanes of at least 4 members (excludes halogenated alkanes) is 1. The van der Waals surface area contributed by atoms with Crippen LogP contribution in [0.3, 0.4) is 0 Å². The van der Waals surface area contributed by atoms with Gasteiger partial charge < -0.3 is 10.7 Å². The summed E-state index contributed by atoms with van der Waals surface area (Å²) in [5.41, 5.74) is 10.1. The van der Waals surface area contributed by atoms with Crippen LogP contribution in [0, 0.1) is 0 Å². The average molecular weight is 601 g/mol. The van der Waals surface area contributed by atoms with Crippen molar-refractivity contribution >= 4 is 39.7 Å². The van der Waals surface area contributed by atoms with Gasteiger partial charge in [0.2, 0.25) is 0 Å². The molecule has 0 atom stereocenters. The van der Waals surface area contributed by atoms with Crippen molar-refractivity contribution in [2.45, 2.75) is 39.0 Å². The summed E-state index contributed by atoms with van der Waals surface area (Å²) >= 11 is 0. The Hall–Kier alpha value is -5.71. The highest BCUT2D eigenvalue weighted by Crippen LogP contribution is 2.24. The number of amides is 2. The lowest BCUT2D eigenvalue weighted by Crippen LogP contribution is -2.30. The average Bonchev–Trinajstić information content (AvgIpc) is 3.64. The Labute approximate surface area is 258 Å².